The summed E-state index contributed by atoms with van der Waals surface area (Å²) in [6.45, 7) is 20.4. The van der Waals surface area contributed by atoms with Crippen LogP contribution >= 0.6 is 0 Å². The summed E-state index contributed by atoms with van der Waals surface area (Å²) in [6, 6.07) is 3.54. The molecule has 7 atom stereocenters. The molecule has 0 aromatic heterocycles. The molecule has 1 N–H and O–H groups in total. The molecule has 10 heteroatoms. The van der Waals surface area contributed by atoms with Gasteiger partial charge >= 0.3 is 18.3 Å². The number of carbonyl (C=O) groups is 4. The Labute approximate surface area is 301 Å². The molecule has 10 nitrogen and oxygen atoms in total. The number of allylic oxidation sites excluding steroid dienone is 3. The Bertz CT molecular complexity index is 1600. The summed E-state index contributed by atoms with van der Waals surface area (Å²) < 4.78 is 27.2. The number of Topliss-reactive ketones (excluding diaryl/α,β-unsaturated/α-hetero) is 1. The number of phenols is 1. The van der Waals surface area contributed by atoms with Crippen LogP contribution in [0.4, 0.5) is 9.59 Å². The highest BCUT2D eigenvalue weighted by Gasteiger charge is 2.62. The number of fused-ring (bicyclic) bond motifs is 1. The second-order valence-corrected chi connectivity index (χ2v) is 13.9. The molecule has 0 bridgehead atoms. The molecular formula is C41H52O10. The lowest BCUT2D eigenvalue weighted by atomic mass is 9.59. The van der Waals surface area contributed by atoms with E-state index in [1.807, 2.05) is 20.8 Å². The summed E-state index contributed by atoms with van der Waals surface area (Å²) in [6.07, 6.45) is 7.56. The van der Waals surface area contributed by atoms with Gasteiger partial charge in [-0.05, 0) is 87.5 Å². The van der Waals surface area contributed by atoms with E-state index in [1.165, 1.54) is 17.7 Å². The minimum Gasteiger partial charge on any atom is -0.507 e. The lowest BCUT2D eigenvalue weighted by Gasteiger charge is -2.44. The summed E-state index contributed by atoms with van der Waals surface area (Å²) in [4.78, 5) is 52.4. The Balaban J connectivity index is 1.60. The number of phenolic OH excluding ortho intramolecular Hbond substituents is 1. The van der Waals surface area contributed by atoms with Crippen LogP contribution in [0.3, 0.4) is 0 Å². The topological polar surface area (TPSA) is 135 Å². The molecule has 1 saturated carbocycles. The summed E-state index contributed by atoms with van der Waals surface area (Å²) in [5.41, 5.74) is 4.03. The smallest absolute Gasteiger partial charge is 0.507 e. The second-order valence-electron chi connectivity index (χ2n) is 13.9. The lowest BCUT2D eigenvalue weighted by molar-refractivity contribution is -0.153. The van der Waals surface area contributed by atoms with E-state index < -0.39 is 48.1 Å². The maximum atomic E-state index is 13.5. The lowest BCUT2D eigenvalue weighted by Crippen LogP contribution is -2.54. The number of unbranched alkanes of at least 4 members (excludes halogenated alkanes) is 2. The monoisotopic (exact) mass is 704 g/mol. The van der Waals surface area contributed by atoms with Crippen molar-refractivity contribution in [3.05, 3.63) is 83.5 Å². The zero-order chi connectivity index (χ0) is 37.4. The second kappa shape index (κ2) is 17.6. The average molecular weight is 705 g/mol. The number of benzene rings is 1. The van der Waals surface area contributed by atoms with Gasteiger partial charge in [0.1, 0.15) is 43.2 Å². The number of carbonyl (C=O) groups excluding carboxylic acids is 4. The highest BCUT2D eigenvalue weighted by atomic mass is 16.7. The van der Waals surface area contributed by atoms with Crippen LogP contribution in [0.1, 0.15) is 83.8 Å². The summed E-state index contributed by atoms with van der Waals surface area (Å²) in [5, 5.41) is 11.4. The van der Waals surface area contributed by atoms with E-state index in [-0.39, 0.29) is 54.5 Å². The highest BCUT2D eigenvalue weighted by molar-refractivity contribution is 6.05. The first-order chi connectivity index (χ1) is 24.3. The van der Waals surface area contributed by atoms with Crippen LogP contribution in [0.15, 0.2) is 72.4 Å². The number of ketones is 1. The number of aromatic hydroxyl groups is 1. The highest BCUT2D eigenvalue weighted by Crippen LogP contribution is 2.56. The average Bonchev–Trinajstić information content (AvgIpc) is 3.32. The number of esters is 1. The number of hydrogen-bond donors (Lipinski definition) is 1. The Morgan fingerprint density at radius 3 is 2.43 bits per heavy atom. The molecular weight excluding hydrogens is 652 g/mol. The molecule has 51 heavy (non-hydrogen) atoms. The minimum absolute atomic E-state index is 0.0358. The van der Waals surface area contributed by atoms with E-state index >= 15 is 0 Å². The van der Waals surface area contributed by atoms with Gasteiger partial charge in [-0.3, -0.25) is 4.79 Å². The van der Waals surface area contributed by atoms with Crippen LogP contribution in [-0.4, -0.2) is 55.1 Å². The number of hydrogen-bond acceptors (Lipinski definition) is 10. The van der Waals surface area contributed by atoms with Gasteiger partial charge in [-0.15, -0.1) is 0 Å². The van der Waals surface area contributed by atoms with E-state index in [4.69, 9.17) is 23.7 Å². The largest absolute Gasteiger partial charge is 0.514 e. The van der Waals surface area contributed by atoms with Crippen molar-refractivity contribution < 1.29 is 48.0 Å². The zero-order valence-electron chi connectivity index (χ0n) is 30.5. The fourth-order valence-corrected chi connectivity index (χ4v) is 7.87. The van der Waals surface area contributed by atoms with Crippen molar-refractivity contribution in [3.8, 4) is 11.5 Å². The zero-order valence-corrected chi connectivity index (χ0v) is 30.5. The third-order valence-corrected chi connectivity index (χ3v) is 10.4. The molecule has 0 saturated heterocycles. The number of rotatable bonds is 16. The van der Waals surface area contributed by atoms with Crippen LogP contribution in [0, 0.1) is 29.6 Å². The van der Waals surface area contributed by atoms with Gasteiger partial charge in [0.15, 0.2) is 0 Å². The number of aryl methyl sites for hydroxylation is 1. The van der Waals surface area contributed by atoms with E-state index in [0.29, 0.717) is 17.6 Å². The molecule has 0 amide bonds. The molecule has 4 rings (SSSR count). The van der Waals surface area contributed by atoms with Crippen molar-refractivity contribution in [2.75, 3.05) is 19.8 Å². The minimum atomic E-state index is -1.02. The third-order valence-electron chi connectivity index (χ3n) is 10.4. The molecule has 0 aliphatic heterocycles. The molecule has 3 aliphatic rings. The molecule has 3 aliphatic carbocycles. The van der Waals surface area contributed by atoms with Gasteiger partial charge < -0.3 is 28.8 Å². The van der Waals surface area contributed by atoms with Gasteiger partial charge in [0.2, 0.25) is 0 Å². The Morgan fingerprint density at radius 1 is 1.06 bits per heavy atom. The molecule has 1 aromatic carbocycles. The summed E-state index contributed by atoms with van der Waals surface area (Å²) in [5.74, 6) is -3.27. The molecule has 0 radical (unpaired) electrons. The van der Waals surface area contributed by atoms with Crippen LogP contribution in [-0.2, 0) is 35.0 Å². The fraction of sp³-hybridized carbons (Fsp3) is 0.512. The SMILES string of the molecule is C=CCOC(=O)O[C@H](C)[C@H]1C(=O)C2C(C(=O)OCC=C)=C(COC(=O)Oc3cc(CCCCC)cc(O)c3[C@@H]3C=C(C)CC[C@H]3C(=C)C)[C@H](C)C21. The van der Waals surface area contributed by atoms with Crippen molar-refractivity contribution in [3.63, 3.8) is 0 Å². The van der Waals surface area contributed by atoms with Gasteiger partial charge in [-0.25, -0.2) is 14.4 Å². The first kappa shape index (κ1) is 39.2. The van der Waals surface area contributed by atoms with Crippen LogP contribution in [0.25, 0.3) is 0 Å². The normalized spacial score (nSPS) is 24.3. The molecule has 2 unspecified atom stereocenters. The van der Waals surface area contributed by atoms with E-state index in [0.717, 1.165) is 43.2 Å². The first-order valence-corrected chi connectivity index (χ1v) is 17.9. The van der Waals surface area contributed by atoms with Crippen molar-refractivity contribution in [2.45, 2.75) is 85.2 Å². The molecule has 0 spiro atoms. The third kappa shape index (κ3) is 8.83. The first-order valence-electron chi connectivity index (χ1n) is 17.9. The van der Waals surface area contributed by atoms with E-state index in [2.05, 4.69) is 32.7 Å². The van der Waals surface area contributed by atoms with Gasteiger partial charge in [0, 0.05) is 11.5 Å². The van der Waals surface area contributed by atoms with E-state index in [9.17, 15) is 24.3 Å². The molecule has 1 aromatic rings. The predicted octanol–water partition coefficient (Wildman–Crippen LogP) is 8.49. The Hall–Kier alpha value is -4.60. The molecule has 276 valence electrons. The number of ether oxygens (including phenoxy) is 5. The Morgan fingerprint density at radius 2 is 1.76 bits per heavy atom. The summed E-state index contributed by atoms with van der Waals surface area (Å²) >= 11 is 0. The predicted molar refractivity (Wildman–Crippen MR) is 192 cm³/mol. The molecule has 1 fully saturated rings. The Kier molecular flexibility index (Phi) is 13.5. The van der Waals surface area contributed by atoms with Gasteiger partial charge in [0.05, 0.1) is 17.4 Å². The van der Waals surface area contributed by atoms with Crippen molar-refractivity contribution in [1.29, 1.82) is 0 Å². The van der Waals surface area contributed by atoms with Crippen LogP contribution in [0.2, 0.25) is 0 Å². The van der Waals surface area contributed by atoms with Gasteiger partial charge in [0.25, 0.3) is 0 Å². The quantitative estimate of drug-likeness (QED) is 0.0587. The molecule has 0 heterocycles. The van der Waals surface area contributed by atoms with Crippen LogP contribution in [0.5, 0.6) is 11.5 Å². The van der Waals surface area contributed by atoms with Crippen LogP contribution < -0.4 is 4.74 Å². The summed E-state index contributed by atoms with van der Waals surface area (Å²) in [7, 11) is 0. The maximum absolute atomic E-state index is 13.5. The fourth-order valence-electron chi connectivity index (χ4n) is 7.87. The van der Waals surface area contributed by atoms with Crippen molar-refractivity contribution in [2.24, 2.45) is 29.6 Å². The van der Waals surface area contributed by atoms with E-state index in [1.54, 1.807) is 19.1 Å². The maximum Gasteiger partial charge on any atom is 0.514 e. The van der Waals surface area contributed by atoms with Crippen molar-refractivity contribution >= 4 is 24.1 Å². The van der Waals surface area contributed by atoms with Crippen molar-refractivity contribution in [1.82, 2.24) is 0 Å². The van der Waals surface area contributed by atoms with Gasteiger partial charge in [-0.2, -0.15) is 0 Å². The van der Waals surface area contributed by atoms with Gasteiger partial charge in [-0.1, -0.05) is 75.8 Å². The standard InChI is InChI=1S/C41H52O10/c1-9-12-13-14-27-20-31(42)35(29-19-24(6)15-16-28(29)23(4)5)32(21-27)51-41(46)49-22-30-25(7)33-34(26(8)50-40(45)48-18-11-3)38(43)37(33)36(30)39(44)47-17-10-2/h10-11,19-21,25-26,28-29,33-34,37,42H,2-4,9,12-18,22H2,1,5-8H3/t25-,26+,28-,29+,33?,34+,37?/m0/s1.